The number of thiophene rings is 1. The summed E-state index contributed by atoms with van der Waals surface area (Å²) in [5.41, 5.74) is 2.10. The van der Waals surface area contributed by atoms with Crippen LogP contribution in [0, 0.1) is 11.3 Å². The summed E-state index contributed by atoms with van der Waals surface area (Å²) in [6, 6.07) is 12.6. The highest BCUT2D eigenvalue weighted by Gasteiger charge is 2.11. The fraction of sp³-hybridized carbons (Fsp3) is 0.111. The normalized spacial score (nSPS) is 10.1. The Morgan fingerprint density at radius 3 is 2.65 bits per heavy atom. The van der Waals surface area contributed by atoms with Gasteiger partial charge in [-0.05, 0) is 29.1 Å². The summed E-state index contributed by atoms with van der Waals surface area (Å²) in [6.07, 6.45) is 0.141. The predicted octanol–water partition coefficient (Wildman–Crippen LogP) is 3.19. The Morgan fingerprint density at radius 1 is 1.15 bits per heavy atom. The van der Waals surface area contributed by atoms with E-state index in [4.69, 9.17) is 5.26 Å². The van der Waals surface area contributed by atoms with Gasteiger partial charge in [0.05, 0.1) is 28.6 Å². The first kappa shape index (κ1) is 17.8. The summed E-state index contributed by atoms with van der Waals surface area (Å²) in [5.74, 6) is -0.359. The number of hydrogen-bond donors (Lipinski definition) is 2. The molecule has 0 saturated carbocycles. The van der Waals surface area contributed by atoms with Crippen molar-refractivity contribution in [3.8, 4) is 6.07 Å². The van der Waals surface area contributed by atoms with Gasteiger partial charge < -0.3 is 5.32 Å². The van der Waals surface area contributed by atoms with Crippen LogP contribution in [0.1, 0.15) is 26.5 Å². The van der Waals surface area contributed by atoms with Crippen molar-refractivity contribution in [1.29, 1.82) is 5.26 Å². The zero-order valence-electron chi connectivity index (χ0n) is 13.6. The molecule has 0 unspecified atom stereocenters. The van der Waals surface area contributed by atoms with Crippen LogP contribution in [0.5, 0.6) is 0 Å². The number of nitriles is 1. The van der Waals surface area contributed by atoms with Gasteiger partial charge in [-0.2, -0.15) is 5.26 Å². The summed E-state index contributed by atoms with van der Waals surface area (Å²) in [4.78, 5) is 28.9. The van der Waals surface area contributed by atoms with Crippen molar-refractivity contribution in [2.45, 2.75) is 13.0 Å². The lowest BCUT2D eigenvalue weighted by molar-refractivity contribution is -0.120. The number of amides is 2. The van der Waals surface area contributed by atoms with Gasteiger partial charge in [0, 0.05) is 11.9 Å². The van der Waals surface area contributed by atoms with E-state index in [2.05, 4.69) is 21.7 Å². The first-order valence-electron chi connectivity index (χ1n) is 7.69. The first-order valence-corrected chi connectivity index (χ1v) is 9.45. The van der Waals surface area contributed by atoms with Gasteiger partial charge in [-0.15, -0.1) is 22.7 Å². The largest absolute Gasteiger partial charge is 0.352 e. The zero-order chi connectivity index (χ0) is 18.4. The number of rotatable bonds is 6. The standard InChI is InChI=1S/C18H14N4O2S2/c19-9-12-3-5-13(6-4-12)10-20-16(23)8-14-11-26-18(21-14)22-17(24)15-2-1-7-25-15/h1-7,11H,8,10H2,(H,20,23)(H,21,22,24). The van der Waals surface area contributed by atoms with Crippen LogP contribution in [0.2, 0.25) is 0 Å². The Bertz CT molecular complexity index is 940. The van der Waals surface area contributed by atoms with E-state index in [0.717, 1.165) is 5.56 Å². The molecule has 1 aromatic carbocycles. The molecule has 6 nitrogen and oxygen atoms in total. The molecule has 3 aromatic rings. The van der Waals surface area contributed by atoms with Crippen LogP contribution in [0.4, 0.5) is 5.13 Å². The molecule has 26 heavy (non-hydrogen) atoms. The molecule has 2 N–H and O–H groups in total. The summed E-state index contributed by atoms with van der Waals surface area (Å²) < 4.78 is 0. The molecule has 130 valence electrons. The molecule has 0 aliphatic rings. The quantitative estimate of drug-likeness (QED) is 0.684. The van der Waals surface area contributed by atoms with Crippen molar-refractivity contribution >= 4 is 39.6 Å². The van der Waals surface area contributed by atoms with Gasteiger partial charge in [0.15, 0.2) is 5.13 Å². The molecule has 0 saturated heterocycles. The van der Waals surface area contributed by atoms with E-state index in [1.807, 2.05) is 11.4 Å². The Balaban J connectivity index is 1.49. The number of thiazole rings is 1. The van der Waals surface area contributed by atoms with Crippen LogP contribution in [-0.2, 0) is 17.8 Å². The van der Waals surface area contributed by atoms with Gasteiger partial charge in [-0.25, -0.2) is 4.98 Å². The van der Waals surface area contributed by atoms with Crippen molar-refractivity contribution in [2.75, 3.05) is 5.32 Å². The number of carbonyl (C=O) groups is 2. The maximum absolute atomic E-state index is 12.0. The second kappa shape index (κ2) is 8.38. The SMILES string of the molecule is N#Cc1ccc(CNC(=O)Cc2csc(NC(=O)c3cccs3)n2)cc1. The van der Waals surface area contributed by atoms with Crippen molar-refractivity contribution in [3.63, 3.8) is 0 Å². The van der Waals surface area contributed by atoms with Gasteiger partial charge in [0.1, 0.15) is 0 Å². The van der Waals surface area contributed by atoms with Gasteiger partial charge in [0.2, 0.25) is 5.91 Å². The molecular formula is C18H14N4O2S2. The number of carbonyl (C=O) groups excluding carboxylic acids is 2. The predicted molar refractivity (Wildman–Crippen MR) is 101 cm³/mol. The van der Waals surface area contributed by atoms with Crippen molar-refractivity contribution in [2.24, 2.45) is 0 Å². The number of nitrogens with zero attached hydrogens (tertiary/aromatic N) is 2. The van der Waals surface area contributed by atoms with E-state index < -0.39 is 0 Å². The van der Waals surface area contributed by atoms with E-state index in [-0.39, 0.29) is 18.2 Å². The van der Waals surface area contributed by atoms with Crippen LogP contribution in [0.15, 0.2) is 47.2 Å². The Labute approximate surface area is 158 Å². The minimum absolute atomic E-state index is 0.141. The Kier molecular flexibility index (Phi) is 5.73. The average Bonchev–Trinajstić information content (AvgIpc) is 3.32. The molecule has 2 heterocycles. The van der Waals surface area contributed by atoms with Gasteiger partial charge in [-0.1, -0.05) is 18.2 Å². The topological polar surface area (TPSA) is 94.9 Å². The molecule has 0 spiro atoms. The number of aromatic nitrogens is 1. The lowest BCUT2D eigenvalue weighted by atomic mass is 10.1. The molecular weight excluding hydrogens is 368 g/mol. The first-order chi connectivity index (χ1) is 12.6. The van der Waals surface area contributed by atoms with E-state index >= 15 is 0 Å². The summed E-state index contributed by atoms with van der Waals surface area (Å²) in [5, 5.41) is 18.4. The molecule has 0 aliphatic carbocycles. The van der Waals surface area contributed by atoms with Crippen molar-refractivity contribution in [3.05, 3.63) is 68.9 Å². The second-order valence-corrected chi connectivity index (χ2v) is 7.14. The number of anilines is 1. The Morgan fingerprint density at radius 2 is 1.96 bits per heavy atom. The molecule has 2 amide bonds. The maximum atomic E-state index is 12.0. The second-order valence-electron chi connectivity index (χ2n) is 5.34. The highest BCUT2D eigenvalue weighted by atomic mass is 32.1. The lowest BCUT2D eigenvalue weighted by Gasteiger charge is -2.04. The third-order valence-corrected chi connectivity index (χ3v) is 5.11. The fourth-order valence-corrected chi connectivity index (χ4v) is 3.46. The summed E-state index contributed by atoms with van der Waals surface area (Å²) in [7, 11) is 0. The van der Waals surface area contributed by atoms with E-state index in [1.54, 1.807) is 35.7 Å². The van der Waals surface area contributed by atoms with Crippen LogP contribution in [-0.4, -0.2) is 16.8 Å². The minimum atomic E-state index is -0.203. The van der Waals surface area contributed by atoms with E-state index in [9.17, 15) is 9.59 Å². The summed E-state index contributed by atoms with van der Waals surface area (Å²) in [6.45, 7) is 0.386. The minimum Gasteiger partial charge on any atom is -0.352 e. The molecule has 0 atom stereocenters. The lowest BCUT2D eigenvalue weighted by Crippen LogP contribution is -2.24. The molecule has 3 rings (SSSR count). The maximum Gasteiger partial charge on any atom is 0.267 e. The average molecular weight is 382 g/mol. The number of hydrogen-bond acceptors (Lipinski definition) is 6. The molecule has 0 fully saturated rings. The fourth-order valence-electron chi connectivity index (χ4n) is 2.14. The van der Waals surface area contributed by atoms with Crippen molar-refractivity contribution < 1.29 is 9.59 Å². The number of nitrogens with one attached hydrogen (secondary N) is 2. The number of benzene rings is 1. The zero-order valence-corrected chi connectivity index (χ0v) is 15.2. The molecule has 0 aliphatic heterocycles. The third-order valence-electron chi connectivity index (χ3n) is 3.43. The molecule has 0 bridgehead atoms. The molecule has 8 heteroatoms. The summed E-state index contributed by atoms with van der Waals surface area (Å²) >= 11 is 2.64. The van der Waals surface area contributed by atoms with Crippen LogP contribution in [0.3, 0.4) is 0 Å². The van der Waals surface area contributed by atoms with Gasteiger partial charge >= 0.3 is 0 Å². The van der Waals surface area contributed by atoms with E-state index in [1.165, 1.54) is 22.7 Å². The van der Waals surface area contributed by atoms with Crippen LogP contribution >= 0.6 is 22.7 Å². The Hall–Kier alpha value is -3.02. The van der Waals surface area contributed by atoms with Crippen LogP contribution < -0.4 is 10.6 Å². The molecule has 2 aromatic heterocycles. The smallest absolute Gasteiger partial charge is 0.267 e. The molecule has 0 radical (unpaired) electrons. The van der Waals surface area contributed by atoms with Gasteiger partial charge in [0.25, 0.3) is 5.91 Å². The highest BCUT2D eigenvalue weighted by molar-refractivity contribution is 7.14. The highest BCUT2D eigenvalue weighted by Crippen LogP contribution is 2.18. The third kappa shape index (κ3) is 4.75. The van der Waals surface area contributed by atoms with Gasteiger partial charge in [-0.3, -0.25) is 14.9 Å². The van der Waals surface area contributed by atoms with Crippen molar-refractivity contribution in [1.82, 2.24) is 10.3 Å². The monoisotopic (exact) mass is 382 g/mol. The van der Waals surface area contributed by atoms with Crippen LogP contribution in [0.25, 0.3) is 0 Å². The van der Waals surface area contributed by atoms with E-state index in [0.29, 0.717) is 27.8 Å².